The van der Waals surface area contributed by atoms with E-state index in [0.717, 1.165) is 5.69 Å². The second-order valence-electron chi connectivity index (χ2n) is 4.64. The topological polar surface area (TPSA) is 72.5 Å². The van der Waals surface area contributed by atoms with E-state index < -0.39 is 6.36 Å². The molecule has 1 heterocycles. The summed E-state index contributed by atoms with van der Waals surface area (Å²) in [7, 11) is 0. The van der Waals surface area contributed by atoms with Crippen molar-refractivity contribution in [3.8, 4) is 5.75 Å². The highest BCUT2D eigenvalue weighted by molar-refractivity contribution is 14.0. The number of guanidine groups is 1. The number of benzene rings is 1. The van der Waals surface area contributed by atoms with E-state index in [1.165, 1.54) is 18.2 Å². The van der Waals surface area contributed by atoms with Crippen LogP contribution in [0.15, 0.2) is 47.5 Å². The number of aromatic nitrogens is 1. The number of aryl methyl sites for hydroxylation is 1. The van der Waals surface area contributed by atoms with E-state index in [4.69, 9.17) is 5.73 Å². The predicted molar refractivity (Wildman–Crippen MR) is 96.5 cm³/mol. The van der Waals surface area contributed by atoms with Gasteiger partial charge in [-0.05, 0) is 31.2 Å². The van der Waals surface area contributed by atoms with Crippen LogP contribution in [0, 0.1) is 6.92 Å². The van der Waals surface area contributed by atoms with Gasteiger partial charge >= 0.3 is 6.36 Å². The Bertz CT molecular complexity index is 707. The van der Waals surface area contributed by atoms with Gasteiger partial charge in [0.15, 0.2) is 11.7 Å². The maximum Gasteiger partial charge on any atom is 0.573 e. The van der Waals surface area contributed by atoms with Crippen LogP contribution in [0.2, 0.25) is 0 Å². The van der Waals surface area contributed by atoms with E-state index >= 15 is 0 Å². The summed E-state index contributed by atoms with van der Waals surface area (Å²) >= 11 is 0. The van der Waals surface area contributed by atoms with Gasteiger partial charge in [0.25, 0.3) is 0 Å². The van der Waals surface area contributed by atoms with Gasteiger partial charge < -0.3 is 15.8 Å². The number of hydrogen-bond acceptors (Lipinski definition) is 3. The van der Waals surface area contributed by atoms with Gasteiger partial charge in [-0.15, -0.1) is 37.1 Å². The van der Waals surface area contributed by atoms with Gasteiger partial charge in [0.05, 0.1) is 17.9 Å². The Morgan fingerprint density at radius 3 is 2.58 bits per heavy atom. The maximum atomic E-state index is 12.3. The number of pyridine rings is 1. The highest BCUT2D eigenvalue weighted by Crippen LogP contribution is 2.29. The molecule has 0 spiro atoms. The number of para-hydroxylation sites is 2. The van der Waals surface area contributed by atoms with E-state index in [2.05, 4.69) is 20.0 Å². The van der Waals surface area contributed by atoms with Crippen molar-refractivity contribution in [1.29, 1.82) is 0 Å². The van der Waals surface area contributed by atoms with Crippen LogP contribution in [0.4, 0.5) is 18.9 Å². The molecule has 0 atom stereocenters. The molecule has 0 fully saturated rings. The van der Waals surface area contributed by atoms with Crippen molar-refractivity contribution >= 4 is 35.6 Å². The predicted octanol–water partition coefficient (Wildman–Crippen LogP) is 3.83. The molecule has 3 N–H and O–H groups in total. The molecule has 1 aromatic carbocycles. The van der Waals surface area contributed by atoms with Gasteiger partial charge in [0.1, 0.15) is 0 Å². The molecule has 9 heteroatoms. The highest BCUT2D eigenvalue weighted by Gasteiger charge is 2.32. The zero-order valence-corrected chi connectivity index (χ0v) is 15.0. The third-order valence-electron chi connectivity index (χ3n) is 2.73. The smallest absolute Gasteiger partial charge is 0.404 e. The molecule has 24 heavy (non-hydrogen) atoms. The summed E-state index contributed by atoms with van der Waals surface area (Å²) in [6, 6.07) is 11.0. The monoisotopic (exact) mass is 452 g/mol. The molecule has 0 saturated heterocycles. The first-order chi connectivity index (χ1) is 10.8. The van der Waals surface area contributed by atoms with Crippen molar-refractivity contribution < 1.29 is 17.9 Å². The van der Waals surface area contributed by atoms with E-state index in [9.17, 15) is 13.2 Å². The van der Waals surface area contributed by atoms with Gasteiger partial charge in [0.2, 0.25) is 0 Å². The van der Waals surface area contributed by atoms with E-state index in [-0.39, 0.29) is 47.9 Å². The van der Waals surface area contributed by atoms with Crippen LogP contribution in [-0.4, -0.2) is 17.3 Å². The Labute approximate surface area is 154 Å². The van der Waals surface area contributed by atoms with E-state index in [0.29, 0.717) is 5.69 Å². The Kier molecular flexibility index (Phi) is 7.26. The molecular weight excluding hydrogens is 436 g/mol. The molecular formula is C15H16F3IN4O. The average Bonchev–Trinajstić information content (AvgIpc) is 2.46. The summed E-state index contributed by atoms with van der Waals surface area (Å²) in [5.74, 6) is -0.418. The molecule has 0 aliphatic heterocycles. The summed E-state index contributed by atoms with van der Waals surface area (Å²) in [5.41, 5.74) is 7.32. The SMILES string of the molecule is Cc1cccc(CN=C(N)Nc2ccccc2OC(F)(F)F)n1.I. The first-order valence-electron chi connectivity index (χ1n) is 6.68. The van der Waals surface area contributed by atoms with Gasteiger partial charge in [-0.25, -0.2) is 4.99 Å². The second kappa shape index (κ2) is 8.71. The summed E-state index contributed by atoms with van der Waals surface area (Å²) in [6.07, 6.45) is -4.78. The molecule has 0 aliphatic carbocycles. The number of anilines is 1. The number of rotatable bonds is 4. The second-order valence-corrected chi connectivity index (χ2v) is 4.64. The minimum atomic E-state index is -4.78. The quantitative estimate of drug-likeness (QED) is 0.420. The van der Waals surface area contributed by atoms with Gasteiger partial charge in [-0.3, -0.25) is 4.98 Å². The summed E-state index contributed by atoms with van der Waals surface area (Å²) < 4.78 is 41.0. The third-order valence-corrected chi connectivity index (χ3v) is 2.73. The van der Waals surface area contributed by atoms with Crippen molar-refractivity contribution in [3.63, 3.8) is 0 Å². The fourth-order valence-corrected chi connectivity index (χ4v) is 1.81. The number of alkyl halides is 3. The maximum absolute atomic E-state index is 12.3. The summed E-state index contributed by atoms with van der Waals surface area (Å²) in [4.78, 5) is 8.31. The lowest BCUT2D eigenvalue weighted by Gasteiger charge is -2.14. The van der Waals surface area contributed by atoms with Crippen LogP contribution < -0.4 is 15.8 Å². The molecule has 0 saturated carbocycles. The molecule has 0 aliphatic rings. The number of halogens is 4. The van der Waals surface area contributed by atoms with Crippen molar-refractivity contribution in [1.82, 2.24) is 4.98 Å². The van der Waals surface area contributed by atoms with Gasteiger partial charge in [-0.1, -0.05) is 18.2 Å². The highest BCUT2D eigenvalue weighted by atomic mass is 127. The number of hydrogen-bond donors (Lipinski definition) is 2. The van der Waals surface area contributed by atoms with Crippen LogP contribution in [-0.2, 0) is 6.54 Å². The van der Waals surface area contributed by atoms with Crippen molar-refractivity contribution in [2.75, 3.05) is 5.32 Å². The van der Waals surface area contributed by atoms with Crippen LogP contribution in [0.3, 0.4) is 0 Å². The lowest BCUT2D eigenvalue weighted by atomic mass is 10.3. The largest absolute Gasteiger partial charge is 0.573 e. The fourth-order valence-electron chi connectivity index (χ4n) is 1.81. The third kappa shape index (κ3) is 6.60. The minimum absolute atomic E-state index is 0. The molecule has 0 amide bonds. The lowest BCUT2D eigenvalue weighted by Crippen LogP contribution is -2.24. The number of ether oxygens (including phenoxy) is 1. The number of nitrogens with one attached hydrogen (secondary N) is 1. The summed E-state index contributed by atoms with van der Waals surface area (Å²) in [6.45, 7) is 2.06. The average molecular weight is 452 g/mol. The van der Waals surface area contributed by atoms with Crippen LogP contribution in [0.5, 0.6) is 5.75 Å². The van der Waals surface area contributed by atoms with Crippen molar-refractivity contribution in [2.24, 2.45) is 10.7 Å². The van der Waals surface area contributed by atoms with Gasteiger partial charge in [0, 0.05) is 5.69 Å². The Morgan fingerprint density at radius 1 is 1.21 bits per heavy atom. The molecule has 2 aromatic rings. The normalized spacial score (nSPS) is 11.6. The standard InChI is InChI=1S/C15H15F3N4O.HI/c1-10-5-4-6-11(21-10)9-20-14(19)22-12-7-2-3-8-13(12)23-15(16,17)18;/h2-8H,9H2,1H3,(H3,19,20,22);1H. The number of nitrogens with two attached hydrogens (primary N) is 1. The number of nitrogens with zero attached hydrogens (tertiary/aromatic N) is 2. The molecule has 5 nitrogen and oxygen atoms in total. The Morgan fingerprint density at radius 2 is 1.92 bits per heavy atom. The minimum Gasteiger partial charge on any atom is -0.404 e. The van der Waals surface area contributed by atoms with Crippen LogP contribution in [0.25, 0.3) is 0 Å². The Balaban J connectivity index is 0.00000288. The molecule has 130 valence electrons. The first kappa shape index (κ1) is 20.0. The Hall–Kier alpha value is -2.04. The first-order valence-corrected chi connectivity index (χ1v) is 6.68. The van der Waals surface area contributed by atoms with Gasteiger partial charge in [-0.2, -0.15) is 0 Å². The zero-order chi connectivity index (χ0) is 16.9. The lowest BCUT2D eigenvalue weighted by molar-refractivity contribution is -0.274. The van der Waals surface area contributed by atoms with Crippen LogP contribution >= 0.6 is 24.0 Å². The molecule has 0 bridgehead atoms. The molecule has 0 radical (unpaired) electrons. The fraction of sp³-hybridized carbons (Fsp3) is 0.200. The van der Waals surface area contributed by atoms with Crippen molar-refractivity contribution in [2.45, 2.75) is 19.8 Å². The molecule has 1 aromatic heterocycles. The van der Waals surface area contributed by atoms with E-state index in [1.807, 2.05) is 19.1 Å². The zero-order valence-electron chi connectivity index (χ0n) is 12.7. The summed E-state index contributed by atoms with van der Waals surface area (Å²) in [5, 5.41) is 2.59. The van der Waals surface area contributed by atoms with Crippen LogP contribution in [0.1, 0.15) is 11.4 Å². The molecule has 2 rings (SSSR count). The van der Waals surface area contributed by atoms with Crippen molar-refractivity contribution in [3.05, 3.63) is 53.9 Å². The molecule has 0 unspecified atom stereocenters. The van der Waals surface area contributed by atoms with E-state index in [1.54, 1.807) is 12.1 Å². The number of aliphatic imine (C=N–C) groups is 1.